The smallest absolute Gasteiger partial charge is 0.241 e. The average molecular weight is 602 g/mol. The molecule has 4 nitrogen and oxygen atoms in total. The van der Waals surface area contributed by atoms with E-state index in [9.17, 15) is 8.42 Å². The molecule has 0 unspecified atom stereocenters. The van der Waals surface area contributed by atoms with E-state index in [2.05, 4.69) is 4.72 Å². The summed E-state index contributed by atoms with van der Waals surface area (Å²) in [4.78, 5) is 0.351. The number of hydrogen-bond donors (Lipinski definition) is 2. The quantitative estimate of drug-likeness (QED) is 0.244. The molecule has 0 aliphatic carbocycles. The summed E-state index contributed by atoms with van der Waals surface area (Å²) in [6.45, 7) is 9.73. The van der Waals surface area contributed by atoms with Crippen LogP contribution in [-0.2, 0) is 29.5 Å². The summed E-state index contributed by atoms with van der Waals surface area (Å²) in [7, 11) is -3.81. The molecule has 0 amide bonds. The van der Waals surface area contributed by atoms with Gasteiger partial charge in [0.25, 0.3) is 0 Å². The number of rotatable bonds is 6. The molecule has 0 aliphatic heterocycles. The molecular weight excluding hydrogens is 565 g/mol. The largest absolute Gasteiger partial charge is 0.322 e. The Morgan fingerprint density at radius 2 is 0.892 bits per heavy atom. The van der Waals surface area contributed by atoms with Crippen LogP contribution in [0.4, 0.5) is 0 Å². The Balaban J connectivity index is 0.000000604. The summed E-state index contributed by atoms with van der Waals surface area (Å²) in [5.74, 6) is 0. The minimum Gasteiger partial charge on any atom is -0.322 e. The third-order valence-corrected chi connectivity index (χ3v) is 8.57. The first-order chi connectivity index (χ1) is 17.1. The first-order valence-electron chi connectivity index (χ1n) is 12.1. The third-order valence-electron chi connectivity index (χ3n) is 6.85. The molecule has 0 aliphatic rings. The van der Waals surface area contributed by atoms with Crippen LogP contribution in [0.5, 0.6) is 0 Å². The van der Waals surface area contributed by atoms with Crippen molar-refractivity contribution in [2.45, 2.75) is 51.6 Å². The van der Waals surface area contributed by atoms with Crippen LogP contribution in [0.2, 0.25) is 0 Å². The van der Waals surface area contributed by atoms with Crippen LogP contribution >= 0.6 is 0 Å². The summed E-state index contributed by atoms with van der Waals surface area (Å²) in [5.41, 5.74) is 13.0. The summed E-state index contributed by atoms with van der Waals surface area (Å²) in [6.07, 6.45) is 0. The monoisotopic (exact) mass is 602 g/mol. The van der Waals surface area contributed by atoms with E-state index in [-0.39, 0.29) is 19.5 Å². The Hall–Kier alpha value is -2.63. The topological polar surface area (TPSA) is 72.2 Å². The van der Waals surface area contributed by atoms with E-state index in [1.807, 2.05) is 132 Å². The molecule has 0 radical (unpaired) electrons. The third kappa shape index (κ3) is 7.46. The molecule has 0 fully saturated rings. The van der Waals surface area contributed by atoms with Crippen molar-refractivity contribution in [3.63, 3.8) is 0 Å². The van der Waals surface area contributed by atoms with E-state index < -0.39 is 22.1 Å². The minimum atomic E-state index is -3.81. The molecule has 4 rings (SSSR count). The van der Waals surface area contributed by atoms with Crippen LogP contribution in [0.1, 0.15) is 51.0 Å². The Kier molecular flexibility index (Phi) is 11.4. The number of benzene rings is 4. The standard InChI is InChI=1S/C25H30N2O2S.C6H6.Ru/c1-16-17(2)19(4)25(20(5)18(16)3)30(28,29)27-24(22-14-10-7-11-15-22)23(26)21-12-8-6-9-13-21;1-2-4-6-5-3-1;/h6-15,23-24,27H,26H2,1-5H3;1-6H;/t23-,24-;;/m1../s1. The van der Waals surface area contributed by atoms with Gasteiger partial charge in [-0.25, -0.2) is 13.1 Å². The summed E-state index contributed by atoms with van der Waals surface area (Å²) >= 11 is 0. The van der Waals surface area contributed by atoms with Crippen molar-refractivity contribution in [2.24, 2.45) is 5.73 Å². The fourth-order valence-electron chi connectivity index (χ4n) is 4.36. The number of hydrogen-bond acceptors (Lipinski definition) is 3. The van der Waals surface area contributed by atoms with Crippen molar-refractivity contribution < 1.29 is 27.9 Å². The molecule has 0 saturated carbocycles. The molecule has 0 bridgehead atoms. The summed E-state index contributed by atoms with van der Waals surface area (Å²) < 4.78 is 30.2. The predicted molar refractivity (Wildman–Crippen MR) is 149 cm³/mol. The maximum absolute atomic E-state index is 13.6. The van der Waals surface area contributed by atoms with Crippen LogP contribution in [0.15, 0.2) is 102 Å². The van der Waals surface area contributed by atoms with Gasteiger partial charge in [0, 0.05) is 19.5 Å². The van der Waals surface area contributed by atoms with Crippen molar-refractivity contribution in [3.05, 3.63) is 136 Å². The first kappa shape index (κ1) is 30.6. The fourth-order valence-corrected chi connectivity index (χ4v) is 6.20. The van der Waals surface area contributed by atoms with E-state index in [1.165, 1.54) is 0 Å². The number of sulfonamides is 1. The molecule has 0 heterocycles. The van der Waals surface area contributed by atoms with E-state index >= 15 is 0 Å². The van der Waals surface area contributed by atoms with Gasteiger partial charge in [-0.15, -0.1) is 0 Å². The van der Waals surface area contributed by atoms with Crippen LogP contribution in [0.25, 0.3) is 0 Å². The number of nitrogens with two attached hydrogens (primary N) is 1. The van der Waals surface area contributed by atoms with Crippen LogP contribution in [0, 0.1) is 34.6 Å². The normalized spacial score (nSPS) is 12.5. The SMILES string of the molecule is Cc1c(C)c(C)c(S(=O)(=O)N[C@H](c2ccccc2)[C@H](N)c2ccccc2)c(C)c1C.[Ru].c1ccccc1. The molecule has 0 saturated heterocycles. The van der Waals surface area contributed by atoms with Crippen molar-refractivity contribution in [3.8, 4) is 0 Å². The van der Waals surface area contributed by atoms with Gasteiger partial charge in [0.05, 0.1) is 17.0 Å². The second-order valence-electron chi connectivity index (χ2n) is 9.05. The molecule has 6 heteroatoms. The van der Waals surface area contributed by atoms with Gasteiger partial charge in [-0.3, -0.25) is 0 Å². The van der Waals surface area contributed by atoms with Crippen molar-refractivity contribution in [1.29, 1.82) is 0 Å². The molecule has 37 heavy (non-hydrogen) atoms. The van der Waals surface area contributed by atoms with E-state index in [1.54, 1.807) is 0 Å². The van der Waals surface area contributed by atoms with Crippen LogP contribution in [0.3, 0.4) is 0 Å². The average Bonchev–Trinajstić information content (AvgIpc) is 2.91. The molecular formula is C31H36N2O2RuS. The van der Waals surface area contributed by atoms with Gasteiger partial charge in [0.2, 0.25) is 10.0 Å². The fraction of sp³-hybridized carbons (Fsp3) is 0.226. The minimum absolute atomic E-state index is 0. The maximum Gasteiger partial charge on any atom is 0.241 e. The zero-order valence-electron chi connectivity index (χ0n) is 22.0. The summed E-state index contributed by atoms with van der Waals surface area (Å²) in [5, 5.41) is 0. The van der Waals surface area contributed by atoms with Crippen molar-refractivity contribution in [1.82, 2.24) is 4.72 Å². The van der Waals surface area contributed by atoms with Gasteiger partial charge < -0.3 is 5.73 Å². The Morgan fingerprint density at radius 1 is 0.568 bits per heavy atom. The van der Waals surface area contributed by atoms with E-state index in [0.717, 1.165) is 38.9 Å². The molecule has 3 N–H and O–H groups in total. The van der Waals surface area contributed by atoms with Crippen LogP contribution < -0.4 is 10.5 Å². The molecule has 4 aromatic rings. The van der Waals surface area contributed by atoms with Gasteiger partial charge in [-0.05, 0) is 73.6 Å². The summed E-state index contributed by atoms with van der Waals surface area (Å²) in [6, 6.07) is 30.0. The second kappa shape index (κ2) is 13.8. The zero-order valence-corrected chi connectivity index (χ0v) is 24.6. The molecule has 2 atom stereocenters. The van der Waals surface area contributed by atoms with E-state index in [4.69, 9.17) is 5.73 Å². The van der Waals surface area contributed by atoms with E-state index in [0.29, 0.717) is 4.90 Å². The Morgan fingerprint density at radius 3 is 1.30 bits per heavy atom. The van der Waals surface area contributed by atoms with Crippen LogP contribution in [-0.4, -0.2) is 8.42 Å². The van der Waals surface area contributed by atoms with Gasteiger partial charge in [0.1, 0.15) is 0 Å². The first-order valence-corrected chi connectivity index (χ1v) is 13.6. The maximum atomic E-state index is 13.6. The van der Waals surface area contributed by atoms with Crippen molar-refractivity contribution in [2.75, 3.05) is 0 Å². The van der Waals surface area contributed by atoms with Gasteiger partial charge >= 0.3 is 0 Å². The Labute approximate surface area is 235 Å². The zero-order chi connectivity index (χ0) is 26.3. The second-order valence-corrected chi connectivity index (χ2v) is 10.7. The predicted octanol–water partition coefficient (Wildman–Crippen LogP) is 6.63. The molecule has 0 aromatic heterocycles. The molecule has 196 valence electrons. The van der Waals surface area contributed by atoms with Gasteiger partial charge in [0.15, 0.2) is 0 Å². The Bertz CT molecular complexity index is 1320. The molecule has 0 spiro atoms. The van der Waals surface area contributed by atoms with Gasteiger partial charge in [-0.1, -0.05) is 97.1 Å². The van der Waals surface area contributed by atoms with Crippen molar-refractivity contribution >= 4 is 10.0 Å². The van der Waals surface area contributed by atoms with Gasteiger partial charge in [-0.2, -0.15) is 0 Å². The molecule has 4 aromatic carbocycles. The number of nitrogens with one attached hydrogen (secondary N) is 1.